The molecule has 1 atom stereocenters. The smallest absolute Gasteiger partial charge is 0.252 e. The number of rotatable bonds is 7. The number of nitrogens with zero attached hydrogens (tertiary/aromatic N) is 1. The number of benzene rings is 2. The first-order chi connectivity index (χ1) is 12.0. The summed E-state index contributed by atoms with van der Waals surface area (Å²) in [4.78, 5) is 14.1. The molecular weight excluding hydrogens is 336 g/mol. The molecule has 0 fully saturated rings. The first kappa shape index (κ1) is 19.0. The minimum Gasteiger partial charge on any atom is -0.386 e. The van der Waals surface area contributed by atoms with Crippen molar-refractivity contribution in [1.29, 1.82) is 5.26 Å². The first-order valence-corrected chi connectivity index (χ1v) is 8.54. The Bertz CT molecular complexity index is 784. The summed E-state index contributed by atoms with van der Waals surface area (Å²) in [5.41, 5.74) is -0.0842. The highest BCUT2D eigenvalue weighted by Crippen LogP contribution is 2.32. The topological polar surface area (TPSA) is 82.3 Å². The Morgan fingerprint density at radius 3 is 2.56 bits per heavy atom. The summed E-state index contributed by atoms with van der Waals surface area (Å²) >= 11 is 1.37. The molecule has 130 valence electrons. The van der Waals surface area contributed by atoms with E-state index in [1.54, 1.807) is 31.2 Å². The summed E-state index contributed by atoms with van der Waals surface area (Å²) in [6.07, 6.45) is 0. The van der Waals surface area contributed by atoms with Gasteiger partial charge in [-0.2, -0.15) is 5.26 Å². The number of ether oxygens (including phenoxy) is 1. The van der Waals surface area contributed by atoms with Crippen LogP contribution in [-0.4, -0.2) is 36.9 Å². The van der Waals surface area contributed by atoms with Crippen molar-refractivity contribution in [3.05, 3.63) is 59.7 Å². The van der Waals surface area contributed by atoms with E-state index < -0.39 is 5.60 Å². The highest BCUT2D eigenvalue weighted by Gasteiger charge is 2.22. The van der Waals surface area contributed by atoms with Crippen LogP contribution in [0.5, 0.6) is 0 Å². The van der Waals surface area contributed by atoms with Crippen molar-refractivity contribution in [3.63, 3.8) is 0 Å². The molecule has 5 nitrogen and oxygen atoms in total. The van der Waals surface area contributed by atoms with E-state index in [1.807, 2.05) is 24.3 Å². The number of amides is 1. The Morgan fingerprint density at radius 2 is 1.88 bits per heavy atom. The third kappa shape index (κ3) is 5.33. The zero-order valence-corrected chi connectivity index (χ0v) is 15.0. The van der Waals surface area contributed by atoms with Gasteiger partial charge in [-0.15, -0.1) is 0 Å². The molecule has 0 saturated heterocycles. The molecule has 0 radical (unpaired) electrons. The largest absolute Gasteiger partial charge is 0.386 e. The molecule has 25 heavy (non-hydrogen) atoms. The Labute approximate surface area is 151 Å². The van der Waals surface area contributed by atoms with Crippen LogP contribution in [0.4, 0.5) is 0 Å². The number of nitriles is 1. The van der Waals surface area contributed by atoms with Crippen LogP contribution in [0.2, 0.25) is 0 Å². The van der Waals surface area contributed by atoms with Crippen molar-refractivity contribution in [1.82, 2.24) is 5.32 Å². The van der Waals surface area contributed by atoms with Gasteiger partial charge in [-0.05, 0) is 31.2 Å². The molecule has 0 saturated carbocycles. The summed E-state index contributed by atoms with van der Waals surface area (Å²) in [6, 6.07) is 16.6. The van der Waals surface area contributed by atoms with Crippen LogP contribution in [0.1, 0.15) is 22.8 Å². The number of carbonyl (C=O) groups excluding carboxylic acids is 1. The molecule has 0 spiro atoms. The summed E-state index contributed by atoms with van der Waals surface area (Å²) in [7, 11) is 1.49. The molecule has 0 aliphatic rings. The van der Waals surface area contributed by atoms with E-state index >= 15 is 0 Å². The lowest BCUT2D eigenvalue weighted by molar-refractivity contribution is -0.0147. The van der Waals surface area contributed by atoms with Gasteiger partial charge in [0.05, 0.1) is 17.7 Å². The van der Waals surface area contributed by atoms with Crippen LogP contribution < -0.4 is 5.32 Å². The monoisotopic (exact) mass is 356 g/mol. The van der Waals surface area contributed by atoms with Crippen LogP contribution >= 0.6 is 11.8 Å². The predicted octanol–water partition coefficient (Wildman–Crippen LogP) is 2.84. The lowest BCUT2D eigenvalue weighted by Crippen LogP contribution is -2.43. The average molecular weight is 356 g/mol. The second-order valence-corrected chi connectivity index (χ2v) is 6.90. The van der Waals surface area contributed by atoms with Gasteiger partial charge in [0.15, 0.2) is 0 Å². The fourth-order valence-corrected chi connectivity index (χ4v) is 3.26. The highest BCUT2D eigenvalue weighted by molar-refractivity contribution is 7.99. The average Bonchev–Trinajstić information content (AvgIpc) is 2.61. The standard InChI is InChI=1S/C19H20N2O3S/c1-19(23,13-24-2)12-21-18(22)15-8-4-6-10-17(15)25-16-9-5-3-7-14(16)11-20/h3-10,23H,12-13H2,1-2H3,(H,21,22)/t19-/m1/s1. The highest BCUT2D eigenvalue weighted by atomic mass is 32.2. The van der Waals surface area contributed by atoms with Gasteiger partial charge >= 0.3 is 0 Å². The number of nitrogens with one attached hydrogen (secondary N) is 1. The second-order valence-electron chi connectivity index (χ2n) is 5.82. The molecule has 6 heteroatoms. The summed E-state index contributed by atoms with van der Waals surface area (Å²) in [6.45, 7) is 1.80. The molecule has 0 unspecified atom stereocenters. The maximum absolute atomic E-state index is 12.5. The lowest BCUT2D eigenvalue weighted by Gasteiger charge is -2.22. The van der Waals surface area contributed by atoms with Gasteiger partial charge in [0, 0.05) is 23.4 Å². The van der Waals surface area contributed by atoms with Gasteiger partial charge in [0.2, 0.25) is 0 Å². The van der Waals surface area contributed by atoms with E-state index in [9.17, 15) is 15.2 Å². The molecule has 0 aliphatic heterocycles. The van der Waals surface area contributed by atoms with Gasteiger partial charge in [-0.1, -0.05) is 36.0 Å². The molecule has 2 aromatic carbocycles. The zero-order valence-electron chi connectivity index (χ0n) is 14.2. The fourth-order valence-electron chi connectivity index (χ4n) is 2.24. The van der Waals surface area contributed by atoms with Gasteiger partial charge < -0.3 is 15.2 Å². The summed E-state index contributed by atoms with van der Waals surface area (Å²) in [5.74, 6) is -0.283. The Morgan fingerprint density at radius 1 is 1.24 bits per heavy atom. The van der Waals surface area contributed by atoms with Crippen molar-refractivity contribution >= 4 is 17.7 Å². The lowest BCUT2D eigenvalue weighted by atomic mass is 10.1. The van der Waals surface area contributed by atoms with Crippen molar-refractivity contribution < 1.29 is 14.6 Å². The van der Waals surface area contributed by atoms with Crippen LogP contribution in [0.25, 0.3) is 0 Å². The van der Waals surface area contributed by atoms with Crippen molar-refractivity contribution in [2.45, 2.75) is 22.3 Å². The molecule has 0 heterocycles. The first-order valence-electron chi connectivity index (χ1n) is 7.72. The number of hydrogen-bond acceptors (Lipinski definition) is 5. The third-order valence-electron chi connectivity index (χ3n) is 3.44. The maximum Gasteiger partial charge on any atom is 0.252 e. The number of aliphatic hydroxyl groups is 1. The molecule has 2 rings (SSSR count). The number of hydrogen-bond donors (Lipinski definition) is 2. The molecule has 0 aliphatic carbocycles. The van der Waals surface area contributed by atoms with E-state index in [0.29, 0.717) is 11.1 Å². The SMILES string of the molecule is COC[C@](C)(O)CNC(=O)c1ccccc1Sc1ccccc1C#N. The minimum absolute atomic E-state index is 0.0768. The molecule has 2 aromatic rings. The van der Waals surface area contributed by atoms with Crippen molar-refractivity contribution in [2.75, 3.05) is 20.3 Å². The predicted molar refractivity (Wildman–Crippen MR) is 96.6 cm³/mol. The minimum atomic E-state index is -1.14. The van der Waals surface area contributed by atoms with Crippen molar-refractivity contribution in [2.24, 2.45) is 0 Å². The van der Waals surface area contributed by atoms with E-state index in [2.05, 4.69) is 11.4 Å². The summed E-state index contributed by atoms with van der Waals surface area (Å²) < 4.78 is 4.94. The van der Waals surface area contributed by atoms with E-state index in [-0.39, 0.29) is 19.1 Å². The molecule has 0 bridgehead atoms. The van der Waals surface area contributed by atoms with E-state index in [0.717, 1.165) is 9.79 Å². The normalized spacial score (nSPS) is 12.9. The van der Waals surface area contributed by atoms with Gasteiger partial charge in [-0.3, -0.25) is 4.79 Å². The van der Waals surface area contributed by atoms with Gasteiger partial charge in [0.25, 0.3) is 5.91 Å². The second kappa shape index (κ2) is 8.67. The van der Waals surface area contributed by atoms with Crippen LogP contribution in [0.15, 0.2) is 58.3 Å². The molecular formula is C19H20N2O3S. The Kier molecular flexibility index (Phi) is 6.59. The van der Waals surface area contributed by atoms with Crippen LogP contribution in [0.3, 0.4) is 0 Å². The molecule has 0 aromatic heterocycles. The molecule has 2 N–H and O–H groups in total. The van der Waals surface area contributed by atoms with Crippen LogP contribution in [0, 0.1) is 11.3 Å². The van der Waals surface area contributed by atoms with E-state index in [1.165, 1.54) is 18.9 Å². The zero-order chi connectivity index (χ0) is 18.3. The van der Waals surface area contributed by atoms with E-state index in [4.69, 9.17) is 4.74 Å². The number of methoxy groups -OCH3 is 1. The molecule has 1 amide bonds. The van der Waals surface area contributed by atoms with Gasteiger partial charge in [-0.25, -0.2) is 0 Å². The number of carbonyl (C=O) groups is 1. The Balaban J connectivity index is 2.18. The fraction of sp³-hybridized carbons (Fsp3) is 0.263. The van der Waals surface area contributed by atoms with Crippen LogP contribution in [-0.2, 0) is 4.74 Å². The third-order valence-corrected chi connectivity index (χ3v) is 4.60. The Hall–Kier alpha value is -2.33. The summed E-state index contributed by atoms with van der Waals surface area (Å²) in [5, 5.41) is 22.1. The van der Waals surface area contributed by atoms with Crippen molar-refractivity contribution in [3.8, 4) is 6.07 Å². The van der Waals surface area contributed by atoms with Gasteiger partial charge in [0.1, 0.15) is 11.7 Å². The maximum atomic E-state index is 12.5. The quantitative estimate of drug-likeness (QED) is 0.797.